The van der Waals surface area contributed by atoms with E-state index in [-0.39, 0.29) is 5.91 Å². The van der Waals surface area contributed by atoms with Crippen molar-refractivity contribution in [3.8, 4) is 11.3 Å². The van der Waals surface area contributed by atoms with Gasteiger partial charge in [-0.05, 0) is 42.5 Å². The minimum Gasteiger partial charge on any atom is -0.322 e. The molecule has 0 saturated heterocycles. The molecule has 0 aliphatic heterocycles. The van der Waals surface area contributed by atoms with E-state index in [2.05, 4.69) is 11.4 Å². The average Bonchev–Trinajstić information content (AvgIpc) is 2.68. The Bertz CT molecular complexity index is 1110. The van der Waals surface area contributed by atoms with Gasteiger partial charge in [0.05, 0.1) is 11.2 Å². The van der Waals surface area contributed by atoms with Crippen LogP contribution in [0, 0.1) is 0 Å². The first-order chi connectivity index (χ1) is 12.7. The lowest BCUT2D eigenvalue weighted by molar-refractivity contribution is 0.102. The monoisotopic (exact) mass is 358 g/mol. The highest BCUT2D eigenvalue weighted by Crippen LogP contribution is 2.24. The highest BCUT2D eigenvalue weighted by atomic mass is 35.5. The van der Waals surface area contributed by atoms with Crippen LogP contribution < -0.4 is 5.32 Å². The van der Waals surface area contributed by atoms with Crippen molar-refractivity contribution in [2.75, 3.05) is 5.32 Å². The van der Waals surface area contributed by atoms with Crippen molar-refractivity contribution < 1.29 is 4.79 Å². The first kappa shape index (κ1) is 16.3. The maximum absolute atomic E-state index is 12.4. The van der Waals surface area contributed by atoms with Gasteiger partial charge in [-0.15, -0.1) is 0 Å². The van der Waals surface area contributed by atoms with Gasteiger partial charge in [0, 0.05) is 27.2 Å². The Morgan fingerprint density at radius 3 is 2.58 bits per heavy atom. The van der Waals surface area contributed by atoms with Crippen LogP contribution in [0.5, 0.6) is 0 Å². The maximum Gasteiger partial charge on any atom is 0.255 e. The summed E-state index contributed by atoms with van der Waals surface area (Å²) < 4.78 is 0. The molecule has 4 aromatic rings. The van der Waals surface area contributed by atoms with Crippen molar-refractivity contribution in [1.82, 2.24) is 4.98 Å². The molecular formula is C22H15ClN2O. The number of amides is 1. The van der Waals surface area contributed by atoms with E-state index < -0.39 is 0 Å². The SMILES string of the molecule is O=C(Nc1cccc(-c2ccc3ccccc3n2)c1)c1cccc(Cl)c1. The Kier molecular flexibility index (Phi) is 4.38. The molecule has 0 unspecified atom stereocenters. The normalized spacial score (nSPS) is 10.7. The fraction of sp³-hybridized carbons (Fsp3) is 0. The van der Waals surface area contributed by atoms with Crippen molar-refractivity contribution >= 4 is 34.1 Å². The van der Waals surface area contributed by atoms with Crippen LogP contribution in [0.4, 0.5) is 5.69 Å². The zero-order valence-corrected chi connectivity index (χ0v) is 14.6. The summed E-state index contributed by atoms with van der Waals surface area (Å²) >= 11 is 5.96. The number of fused-ring (bicyclic) bond motifs is 1. The number of halogens is 1. The average molecular weight is 359 g/mol. The largest absolute Gasteiger partial charge is 0.322 e. The number of anilines is 1. The van der Waals surface area contributed by atoms with Crippen LogP contribution in [0.1, 0.15) is 10.4 Å². The van der Waals surface area contributed by atoms with Gasteiger partial charge in [-0.1, -0.05) is 54.1 Å². The summed E-state index contributed by atoms with van der Waals surface area (Å²) in [5.41, 5.74) is 3.98. The lowest BCUT2D eigenvalue weighted by Gasteiger charge is -2.08. The Morgan fingerprint density at radius 2 is 1.69 bits per heavy atom. The molecule has 3 nitrogen and oxygen atoms in total. The number of hydrogen-bond donors (Lipinski definition) is 1. The molecule has 3 aromatic carbocycles. The quantitative estimate of drug-likeness (QED) is 0.502. The van der Waals surface area contributed by atoms with Gasteiger partial charge in [-0.25, -0.2) is 4.98 Å². The van der Waals surface area contributed by atoms with E-state index in [4.69, 9.17) is 16.6 Å². The highest BCUT2D eigenvalue weighted by Gasteiger charge is 2.08. The van der Waals surface area contributed by atoms with Crippen LogP contribution in [-0.2, 0) is 0 Å². The van der Waals surface area contributed by atoms with Crippen LogP contribution in [0.3, 0.4) is 0 Å². The third-order valence-electron chi connectivity index (χ3n) is 4.10. The fourth-order valence-corrected chi connectivity index (χ4v) is 3.01. The second kappa shape index (κ2) is 6.98. The van der Waals surface area contributed by atoms with Crippen molar-refractivity contribution in [2.45, 2.75) is 0 Å². The number of nitrogens with zero attached hydrogens (tertiary/aromatic N) is 1. The molecule has 0 aliphatic rings. The van der Waals surface area contributed by atoms with E-state index in [0.717, 1.165) is 22.2 Å². The number of pyridine rings is 1. The summed E-state index contributed by atoms with van der Waals surface area (Å²) in [4.78, 5) is 17.1. The number of para-hydroxylation sites is 1. The molecule has 4 rings (SSSR count). The molecule has 0 saturated carbocycles. The van der Waals surface area contributed by atoms with E-state index in [0.29, 0.717) is 16.3 Å². The number of nitrogens with one attached hydrogen (secondary N) is 1. The smallest absolute Gasteiger partial charge is 0.255 e. The minimum absolute atomic E-state index is 0.198. The first-order valence-electron chi connectivity index (χ1n) is 8.22. The van der Waals surface area contributed by atoms with Crippen LogP contribution in [0.15, 0.2) is 84.9 Å². The second-order valence-corrected chi connectivity index (χ2v) is 6.37. The predicted molar refractivity (Wildman–Crippen MR) is 107 cm³/mol. The first-order valence-corrected chi connectivity index (χ1v) is 8.60. The Hall–Kier alpha value is -3.17. The van der Waals surface area contributed by atoms with Crippen molar-refractivity contribution in [3.05, 3.63) is 95.5 Å². The van der Waals surface area contributed by atoms with E-state index in [1.807, 2.05) is 54.6 Å². The van der Waals surface area contributed by atoms with E-state index in [9.17, 15) is 4.79 Å². The van der Waals surface area contributed by atoms with E-state index >= 15 is 0 Å². The Labute approximate surface area is 156 Å². The standard InChI is InChI=1S/C22H15ClN2O/c23-18-8-3-7-17(13-18)22(26)24-19-9-4-6-16(14-19)21-12-11-15-5-1-2-10-20(15)25-21/h1-14H,(H,24,26). The van der Waals surface area contributed by atoms with Gasteiger partial charge in [-0.3, -0.25) is 4.79 Å². The van der Waals surface area contributed by atoms with Crippen LogP contribution >= 0.6 is 11.6 Å². The molecule has 26 heavy (non-hydrogen) atoms. The van der Waals surface area contributed by atoms with Gasteiger partial charge >= 0.3 is 0 Å². The van der Waals surface area contributed by atoms with Crippen molar-refractivity contribution in [2.24, 2.45) is 0 Å². The van der Waals surface area contributed by atoms with Gasteiger partial charge in [0.2, 0.25) is 0 Å². The van der Waals surface area contributed by atoms with Crippen LogP contribution in [0.2, 0.25) is 5.02 Å². The highest BCUT2D eigenvalue weighted by molar-refractivity contribution is 6.31. The molecule has 0 fully saturated rings. The summed E-state index contributed by atoms with van der Waals surface area (Å²) in [6, 6.07) is 26.6. The predicted octanol–water partition coefficient (Wildman–Crippen LogP) is 5.81. The maximum atomic E-state index is 12.4. The number of carbonyl (C=O) groups excluding carboxylic acids is 1. The van der Waals surface area contributed by atoms with Gasteiger partial charge in [0.1, 0.15) is 0 Å². The minimum atomic E-state index is -0.198. The fourth-order valence-electron chi connectivity index (χ4n) is 2.82. The van der Waals surface area contributed by atoms with Crippen LogP contribution in [0.25, 0.3) is 22.2 Å². The molecule has 0 spiro atoms. The third-order valence-corrected chi connectivity index (χ3v) is 4.34. The zero-order valence-electron chi connectivity index (χ0n) is 13.8. The zero-order chi connectivity index (χ0) is 17.9. The molecular weight excluding hydrogens is 344 g/mol. The van der Waals surface area contributed by atoms with Crippen molar-refractivity contribution in [1.29, 1.82) is 0 Å². The molecule has 0 atom stereocenters. The number of rotatable bonds is 3. The molecule has 0 aliphatic carbocycles. The van der Waals surface area contributed by atoms with Gasteiger partial charge in [0.25, 0.3) is 5.91 Å². The summed E-state index contributed by atoms with van der Waals surface area (Å²) in [7, 11) is 0. The van der Waals surface area contributed by atoms with Crippen LogP contribution in [-0.4, -0.2) is 10.9 Å². The number of benzene rings is 3. The number of carbonyl (C=O) groups is 1. The number of aromatic nitrogens is 1. The molecule has 0 radical (unpaired) electrons. The molecule has 1 heterocycles. The third kappa shape index (κ3) is 3.44. The lowest BCUT2D eigenvalue weighted by atomic mass is 10.1. The molecule has 1 aromatic heterocycles. The lowest BCUT2D eigenvalue weighted by Crippen LogP contribution is -2.11. The van der Waals surface area contributed by atoms with Crippen molar-refractivity contribution in [3.63, 3.8) is 0 Å². The summed E-state index contributed by atoms with van der Waals surface area (Å²) in [5, 5.41) is 4.54. The summed E-state index contributed by atoms with van der Waals surface area (Å²) in [5.74, 6) is -0.198. The molecule has 126 valence electrons. The van der Waals surface area contributed by atoms with Gasteiger partial charge < -0.3 is 5.32 Å². The molecule has 1 N–H and O–H groups in total. The summed E-state index contributed by atoms with van der Waals surface area (Å²) in [6.45, 7) is 0. The molecule has 0 bridgehead atoms. The Balaban J connectivity index is 1.62. The van der Waals surface area contributed by atoms with E-state index in [1.165, 1.54) is 0 Å². The van der Waals surface area contributed by atoms with Gasteiger partial charge in [-0.2, -0.15) is 0 Å². The topological polar surface area (TPSA) is 42.0 Å². The number of hydrogen-bond acceptors (Lipinski definition) is 2. The second-order valence-electron chi connectivity index (χ2n) is 5.93. The Morgan fingerprint density at radius 1 is 0.846 bits per heavy atom. The molecule has 4 heteroatoms. The summed E-state index contributed by atoms with van der Waals surface area (Å²) in [6.07, 6.45) is 0. The van der Waals surface area contributed by atoms with Gasteiger partial charge in [0.15, 0.2) is 0 Å². The molecule has 1 amide bonds. The van der Waals surface area contributed by atoms with E-state index in [1.54, 1.807) is 24.3 Å².